The molecule has 2 atom stereocenters. The van der Waals surface area contributed by atoms with Gasteiger partial charge in [0, 0.05) is 24.2 Å². The Labute approximate surface area is 188 Å². The van der Waals surface area contributed by atoms with Crippen molar-refractivity contribution in [2.75, 3.05) is 32.2 Å². The predicted octanol–water partition coefficient (Wildman–Crippen LogP) is 1.64. The highest BCUT2D eigenvalue weighted by Crippen LogP contribution is 2.24. The molecule has 0 amide bonds. The molecule has 0 aliphatic rings. The van der Waals surface area contributed by atoms with Gasteiger partial charge in [-0.25, -0.2) is 14.8 Å². The SMILES string of the molecule is C=CC(=O)OCC(C)(COC(=O)C=C)CC(=O)OC(COCC(C)CC)CS(=O)(=O)OO. The Bertz CT molecular complexity index is 721. The van der Waals surface area contributed by atoms with E-state index in [-0.39, 0.29) is 25.7 Å². The quantitative estimate of drug-likeness (QED) is 0.106. The number of hydrogen-bond donors (Lipinski definition) is 1. The molecule has 0 bridgehead atoms. The van der Waals surface area contributed by atoms with Gasteiger partial charge >= 0.3 is 17.9 Å². The second kappa shape index (κ2) is 14.7. The maximum absolute atomic E-state index is 12.5. The normalized spacial score (nSPS) is 13.5. The van der Waals surface area contributed by atoms with Gasteiger partial charge in [-0.15, -0.1) is 4.33 Å². The Morgan fingerprint density at radius 2 is 1.59 bits per heavy atom. The van der Waals surface area contributed by atoms with E-state index in [2.05, 4.69) is 17.5 Å². The van der Waals surface area contributed by atoms with Crippen LogP contribution in [0.3, 0.4) is 0 Å². The van der Waals surface area contributed by atoms with E-state index in [1.807, 2.05) is 13.8 Å². The summed E-state index contributed by atoms with van der Waals surface area (Å²) >= 11 is 0. The molecule has 0 saturated carbocycles. The summed E-state index contributed by atoms with van der Waals surface area (Å²) < 4.78 is 47.2. The van der Waals surface area contributed by atoms with Crippen LogP contribution in [0, 0.1) is 11.3 Å². The van der Waals surface area contributed by atoms with Gasteiger partial charge in [0.05, 0.1) is 13.0 Å². The lowest BCUT2D eigenvalue weighted by molar-refractivity contribution is -0.161. The smallest absolute Gasteiger partial charge is 0.330 e. The summed E-state index contributed by atoms with van der Waals surface area (Å²) in [5, 5.41) is 8.52. The summed E-state index contributed by atoms with van der Waals surface area (Å²) in [5.41, 5.74) is -1.19. The largest absolute Gasteiger partial charge is 0.462 e. The predicted molar refractivity (Wildman–Crippen MR) is 113 cm³/mol. The van der Waals surface area contributed by atoms with E-state index in [0.717, 1.165) is 18.6 Å². The number of ether oxygens (including phenoxy) is 4. The summed E-state index contributed by atoms with van der Waals surface area (Å²) in [5.74, 6) is -3.02. The first-order chi connectivity index (χ1) is 14.9. The number of rotatable bonds is 17. The molecular formula is C20H32O11S. The van der Waals surface area contributed by atoms with Crippen molar-refractivity contribution in [1.82, 2.24) is 0 Å². The Balaban J connectivity index is 5.27. The summed E-state index contributed by atoms with van der Waals surface area (Å²) in [7, 11) is -4.38. The molecule has 0 aliphatic heterocycles. The molecule has 0 aliphatic carbocycles. The van der Waals surface area contributed by atoms with Crippen LogP contribution in [0.2, 0.25) is 0 Å². The zero-order valence-corrected chi connectivity index (χ0v) is 19.4. The lowest BCUT2D eigenvalue weighted by atomic mass is 9.88. The summed E-state index contributed by atoms with van der Waals surface area (Å²) in [6.45, 7) is 11.3. The van der Waals surface area contributed by atoms with E-state index in [1.165, 1.54) is 6.92 Å². The van der Waals surface area contributed by atoms with Crippen LogP contribution >= 0.6 is 0 Å². The molecule has 1 N–H and O–H groups in total. The highest BCUT2D eigenvalue weighted by Gasteiger charge is 2.34. The van der Waals surface area contributed by atoms with E-state index in [0.29, 0.717) is 6.61 Å². The maximum Gasteiger partial charge on any atom is 0.330 e. The van der Waals surface area contributed by atoms with Gasteiger partial charge in [-0.3, -0.25) is 4.79 Å². The Kier molecular flexibility index (Phi) is 13.7. The van der Waals surface area contributed by atoms with Crippen molar-refractivity contribution < 1.29 is 51.3 Å². The minimum absolute atomic E-state index is 0.194. The first-order valence-corrected chi connectivity index (χ1v) is 11.4. The van der Waals surface area contributed by atoms with Crippen molar-refractivity contribution >= 4 is 28.0 Å². The molecule has 184 valence electrons. The summed E-state index contributed by atoms with van der Waals surface area (Å²) in [6.07, 6.45) is 1.01. The van der Waals surface area contributed by atoms with Gasteiger partial charge < -0.3 is 18.9 Å². The van der Waals surface area contributed by atoms with Gasteiger partial charge in [0.25, 0.3) is 10.1 Å². The number of carbonyl (C=O) groups excluding carboxylic acids is 3. The van der Waals surface area contributed by atoms with Gasteiger partial charge in [0.2, 0.25) is 0 Å². The molecule has 0 radical (unpaired) electrons. The zero-order chi connectivity index (χ0) is 24.8. The molecule has 0 aromatic carbocycles. The lowest BCUT2D eigenvalue weighted by Gasteiger charge is -2.28. The lowest BCUT2D eigenvalue weighted by Crippen LogP contribution is -2.37. The average molecular weight is 481 g/mol. The van der Waals surface area contributed by atoms with Crippen LogP contribution in [0.5, 0.6) is 0 Å². The van der Waals surface area contributed by atoms with Crippen LogP contribution in [0.15, 0.2) is 25.3 Å². The second-order valence-corrected chi connectivity index (χ2v) is 9.17. The molecular weight excluding hydrogens is 448 g/mol. The molecule has 0 rings (SSSR count). The van der Waals surface area contributed by atoms with Crippen molar-refractivity contribution in [3.8, 4) is 0 Å². The molecule has 2 unspecified atom stereocenters. The third kappa shape index (κ3) is 13.2. The molecule has 0 heterocycles. The minimum Gasteiger partial charge on any atom is -0.462 e. The first-order valence-electron chi connectivity index (χ1n) is 9.81. The average Bonchev–Trinajstić information content (AvgIpc) is 2.75. The van der Waals surface area contributed by atoms with E-state index < -0.39 is 51.7 Å². The van der Waals surface area contributed by atoms with Crippen molar-refractivity contribution in [2.45, 2.75) is 39.7 Å². The van der Waals surface area contributed by atoms with Crippen molar-refractivity contribution in [2.24, 2.45) is 11.3 Å². The number of esters is 3. The van der Waals surface area contributed by atoms with Crippen LogP contribution in [-0.2, 0) is 47.8 Å². The molecule has 0 aromatic rings. The van der Waals surface area contributed by atoms with Gasteiger partial charge in [-0.2, -0.15) is 8.42 Å². The molecule has 0 aromatic heterocycles. The van der Waals surface area contributed by atoms with E-state index in [1.54, 1.807) is 0 Å². The summed E-state index contributed by atoms with van der Waals surface area (Å²) in [6, 6.07) is 0. The van der Waals surface area contributed by atoms with Crippen LogP contribution in [0.25, 0.3) is 0 Å². The fourth-order valence-electron chi connectivity index (χ4n) is 2.22. The maximum atomic E-state index is 12.5. The van der Waals surface area contributed by atoms with E-state index in [9.17, 15) is 22.8 Å². The number of carbonyl (C=O) groups is 3. The molecule has 0 saturated heterocycles. The standard InChI is InChI=1S/C20H32O11S/c1-6-15(4)10-27-11-16(12-32(25,26)31-24)30-19(23)9-20(5,13-28-17(21)7-2)14-29-18(22)8-3/h7-8,15-16,24H,2-3,6,9-14H2,1,4-5H3. The number of hydrogen-bond acceptors (Lipinski definition) is 11. The van der Waals surface area contributed by atoms with E-state index in [4.69, 9.17) is 24.2 Å². The minimum atomic E-state index is -4.38. The van der Waals surface area contributed by atoms with E-state index >= 15 is 0 Å². The first kappa shape index (κ1) is 29.7. The fraction of sp³-hybridized carbons (Fsp3) is 0.650. The highest BCUT2D eigenvalue weighted by atomic mass is 32.2. The fourth-order valence-corrected chi connectivity index (χ4v) is 2.90. The van der Waals surface area contributed by atoms with Crippen molar-refractivity contribution in [3.05, 3.63) is 25.3 Å². The molecule has 12 heteroatoms. The second-order valence-electron chi connectivity index (χ2n) is 7.57. The van der Waals surface area contributed by atoms with Crippen LogP contribution in [0.4, 0.5) is 0 Å². The van der Waals surface area contributed by atoms with Crippen LogP contribution < -0.4 is 0 Å². The van der Waals surface area contributed by atoms with Crippen molar-refractivity contribution in [3.63, 3.8) is 0 Å². The third-order valence-electron chi connectivity index (χ3n) is 4.23. The van der Waals surface area contributed by atoms with Crippen molar-refractivity contribution in [1.29, 1.82) is 0 Å². The third-order valence-corrected chi connectivity index (χ3v) is 5.24. The van der Waals surface area contributed by atoms with Crippen LogP contribution in [-0.4, -0.2) is 69.9 Å². The van der Waals surface area contributed by atoms with Gasteiger partial charge in [-0.1, -0.05) is 40.3 Å². The Morgan fingerprint density at radius 1 is 1.06 bits per heavy atom. The molecule has 0 fully saturated rings. The molecule has 11 nitrogen and oxygen atoms in total. The summed E-state index contributed by atoms with van der Waals surface area (Å²) in [4.78, 5) is 35.3. The molecule has 32 heavy (non-hydrogen) atoms. The molecule has 0 spiro atoms. The topological polar surface area (TPSA) is 152 Å². The highest BCUT2D eigenvalue weighted by molar-refractivity contribution is 7.86. The monoisotopic (exact) mass is 480 g/mol. The Morgan fingerprint density at radius 3 is 2.03 bits per heavy atom. The van der Waals surface area contributed by atoms with Gasteiger partial charge in [0.15, 0.2) is 0 Å². The zero-order valence-electron chi connectivity index (χ0n) is 18.6. The van der Waals surface area contributed by atoms with Crippen LogP contribution in [0.1, 0.15) is 33.6 Å². The Hall–Kier alpha value is -2.28. The van der Waals surface area contributed by atoms with Gasteiger partial charge in [-0.05, 0) is 5.92 Å². The van der Waals surface area contributed by atoms with Gasteiger partial charge in [0.1, 0.15) is 25.1 Å².